The van der Waals surface area contributed by atoms with E-state index in [4.69, 9.17) is 0 Å². The minimum atomic E-state index is -3.14. The van der Waals surface area contributed by atoms with Gasteiger partial charge in [0.15, 0.2) is 15.0 Å². The summed E-state index contributed by atoms with van der Waals surface area (Å²) < 4.78 is 23.6. The lowest BCUT2D eigenvalue weighted by Gasteiger charge is -1.96. The van der Waals surface area contributed by atoms with E-state index in [0.717, 1.165) is 21.9 Å². The van der Waals surface area contributed by atoms with Crippen molar-refractivity contribution in [1.82, 2.24) is 4.98 Å². The predicted molar refractivity (Wildman–Crippen MR) is 66.9 cm³/mol. The van der Waals surface area contributed by atoms with Crippen LogP contribution in [0.15, 0.2) is 23.1 Å². The molecule has 0 bridgehead atoms. The maximum Gasteiger partial charge on any atom is 0.183 e. The highest BCUT2D eigenvalue weighted by atomic mass is 32.2. The fraction of sp³-hybridized carbons (Fsp3) is 0.300. The van der Waals surface area contributed by atoms with Gasteiger partial charge in [0.2, 0.25) is 0 Å². The quantitative estimate of drug-likeness (QED) is 0.914. The lowest BCUT2D eigenvalue weighted by Crippen LogP contribution is -1.95. The van der Waals surface area contributed by atoms with E-state index in [1.807, 2.05) is 6.92 Å². The highest BCUT2D eigenvalue weighted by Gasteiger charge is 2.10. The van der Waals surface area contributed by atoms with E-state index in [2.05, 4.69) is 10.3 Å². The summed E-state index contributed by atoms with van der Waals surface area (Å²) in [7, 11) is -3.14. The summed E-state index contributed by atoms with van der Waals surface area (Å²) in [5.41, 5.74) is 0.827. The third-order valence-electron chi connectivity index (χ3n) is 2.12. The molecule has 1 N–H and O–H groups in total. The molecule has 0 radical (unpaired) electrons. The molecule has 0 aliphatic rings. The van der Waals surface area contributed by atoms with Crippen LogP contribution < -0.4 is 5.32 Å². The predicted octanol–water partition coefficient (Wildman–Crippen LogP) is 2.13. The van der Waals surface area contributed by atoms with Crippen molar-refractivity contribution in [3.63, 3.8) is 0 Å². The minimum Gasteiger partial charge on any atom is -0.362 e. The summed E-state index contributed by atoms with van der Waals surface area (Å²) in [5.74, 6) is 0. The minimum absolute atomic E-state index is 0.340. The molecule has 0 amide bonds. The van der Waals surface area contributed by atoms with Crippen LogP contribution in [0.4, 0.5) is 5.13 Å². The standard InChI is InChI=1S/C10H12N2O2S2/c1-3-11-10-12-8-5-4-7(16(2,13)14)6-9(8)15-10/h4-6H,3H2,1-2H3,(H,11,12). The van der Waals surface area contributed by atoms with Gasteiger partial charge in [-0.1, -0.05) is 11.3 Å². The molecule has 0 aliphatic carbocycles. The highest BCUT2D eigenvalue weighted by molar-refractivity contribution is 7.90. The molecular weight excluding hydrogens is 244 g/mol. The lowest BCUT2D eigenvalue weighted by molar-refractivity contribution is 0.602. The Hall–Kier alpha value is -1.14. The van der Waals surface area contributed by atoms with Crippen molar-refractivity contribution in [3.05, 3.63) is 18.2 Å². The third-order valence-corrected chi connectivity index (χ3v) is 4.20. The Balaban J connectivity index is 2.54. The van der Waals surface area contributed by atoms with Gasteiger partial charge in [-0.15, -0.1) is 0 Å². The summed E-state index contributed by atoms with van der Waals surface area (Å²) >= 11 is 1.47. The molecule has 0 aliphatic heterocycles. The zero-order chi connectivity index (χ0) is 11.8. The van der Waals surface area contributed by atoms with Crippen LogP contribution in [0.5, 0.6) is 0 Å². The van der Waals surface area contributed by atoms with Gasteiger partial charge in [0.25, 0.3) is 0 Å². The Kier molecular flexibility index (Phi) is 2.86. The number of hydrogen-bond acceptors (Lipinski definition) is 5. The second kappa shape index (κ2) is 4.03. The fourth-order valence-corrected chi connectivity index (χ4v) is 3.06. The normalized spacial score (nSPS) is 11.9. The van der Waals surface area contributed by atoms with Crippen molar-refractivity contribution in [2.75, 3.05) is 18.1 Å². The number of sulfone groups is 1. The molecular formula is C10H12N2O2S2. The van der Waals surface area contributed by atoms with Gasteiger partial charge in [0.05, 0.1) is 15.1 Å². The van der Waals surface area contributed by atoms with Crippen molar-refractivity contribution in [3.8, 4) is 0 Å². The number of aromatic nitrogens is 1. The van der Waals surface area contributed by atoms with E-state index >= 15 is 0 Å². The van der Waals surface area contributed by atoms with Crippen molar-refractivity contribution in [1.29, 1.82) is 0 Å². The molecule has 16 heavy (non-hydrogen) atoms. The van der Waals surface area contributed by atoms with Crippen LogP contribution in [0, 0.1) is 0 Å². The van der Waals surface area contributed by atoms with Crippen molar-refractivity contribution in [2.24, 2.45) is 0 Å². The summed E-state index contributed by atoms with van der Waals surface area (Å²) in [4.78, 5) is 4.68. The summed E-state index contributed by atoms with van der Waals surface area (Å²) in [5, 5.41) is 3.94. The molecule has 86 valence electrons. The van der Waals surface area contributed by atoms with Gasteiger partial charge in [-0.3, -0.25) is 0 Å². The van der Waals surface area contributed by atoms with Crippen LogP contribution in [-0.2, 0) is 9.84 Å². The molecule has 1 aromatic heterocycles. The zero-order valence-corrected chi connectivity index (χ0v) is 10.7. The van der Waals surface area contributed by atoms with Gasteiger partial charge in [-0.05, 0) is 25.1 Å². The Bertz CT molecular complexity index is 617. The molecule has 0 fully saturated rings. The first-order valence-corrected chi connectivity index (χ1v) is 7.56. The number of anilines is 1. The molecule has 2 rings (SSSR count). The first-order chi connectivity index (χ1) is 7.50. The molecule has 0 unspecified atom stereocenters. The first-order valence-electron chi connectivity index (χ1n) is 4.85. The Labute approximate surface area is 98.2 Å². The number of rotatable bonds is 3. The maximum atomic E-state index is 11.4. The van der Waals surface area contributed by atoms with E-state index in [1.165, 1.54) is 17.6 Å². The molecule has 0 saturated heterocycles. The van der Waals surface area contributed by atoms with E-state index in [1.54, 1.807) is 18.2 Å². The van der Waals surface area contributed by atoms with Crippen LogP contribution >= 0.6 is 11.3 Å². The third kappa shape index (κ3) is 2.17. The van der Waals surface area contributed by atoms with E-state index in [-0.39, 0.29) is 0 Å². The monoisotopic (exact) mass is 256 g/mol. The van der Waals surface area contributed by atoms with Gasteiger partial charge in [-0.2, -0.15) is 0 Å². The number of nitrogens with zero attached hydrogens (tertiary/aromatic N) is 1. The lowest BCUT2D eigenvalue weighted by atomic mass is 10.3. The summed E-state index contributed by atoms with van der Waals surface area (Å²) in [6.07, 6.45) is 1.21. The molecule has 2 aromatic rings. The molecule has 1 aromatic carbocycles. The van der Waals surface area contributed by atoms with Gasteiger partial charge in [-0.25, -0.2) is 13.4 Å². The first kappa shape index (κ1) is 11.3. The molecule has 4 nitrogen and oxygen atoms in total. The maximum absolute atomic E-state index is 11.4. The van der Waals surface area contributed by atoms with Crippen molar-refractivity contribution in [2.45, 2.75) is 11.8 Å². The second-order valence-corrected chi connectivity index (χ2v) is 6.50. The van der Waals surface area contributed by atoms with Crippen LogP contribution in [0.3, 0.4) is 0 Å². The van der Waals surface area contributed by atoms with Crippen molar-refractivity contribution >= 4 is 36.5 Å². The average molecular weight is 256 g/mol. The SMILES string of the molecule is CCNc1nc2ccc(S(C)(=O)=O)cc2s1. The molecule has 1 heterocycles. The number of fused-ring (bicyclic) bond motifs is 1. The highest BCUT2D eigenvalue weighted by Crippen LogP contribution is 2.27. The van der Waals surface area contributed by atoms with Crippen LogP contribution in [0.25, 0.3) is 10.2 Å². The largest absolute Gasteiger partial charge is 0.362 e. The fourth-order valence-electron chi connectivity index (χ4n) is 1.36. The summed E-state index contributed by atoms with van der Waals surface area (Å²) in [6.45, 7) is 2.80. The smallest absolute Gasteiger partial charge is 0.183 e. The van der Waals surface area contributed by atoms with Gasteiger partial charge in [0, 0.05) is 12.8 Å². The summed E-state index contributed by atoms with van der Waals surface area (Å²) in [6, 6.07) is 5.00. The van der Waals surface area contributed by atoms with Crippen molar-refractivity contribution < 1.29 is 8.42 Å². The topological polar surface area (TPSA) is 59.1 Å². The van der Waals surface area contributed by atoms with Crippen LogP contribution in [0.1, 0.15) is 6.92 Å². The Morgan fingerprint density at radius 1 is 1.44 bits per heavy atom. The van der Waals surface area contributed by atoms with Gasteiger partial charge < -0.3 is 5.32 Å². The second-order valence-electron chi connectivity index (χ2n) is 3.45. The molecule has 0 spiro atoms. The van der Waals surface area contributed by atoms with E-state index in [0.29, 0.717) is 4.90 Å². The average Bonchev–Trinajstić information content (AvgIpc) is 2.57. The number of nitrogens with one attached hydrogen (secondary N) is 1. The van der Waals surface area contributed by atoms with E-state index < -0.39 is 9.84 Å². The molecule has 6 heteroatoms. The van der Waals surface area contributed by atoms with Crippen LogP contribution in [-0.4, -0.2) is 26.2 Å². The van der Waals surface area contributed by atoms with Gasteiger partial charge >= 0.3 is 0 Å². The zero-order valence-electron chi connectivity index (χ0n) is 9.02. The van der Waals surface area contributed by atoms with E-state index in [9.17, 15) is 8.42 Å². The Morgan fingerprint density at radius 2 is 2.19 bits per heavy atom. The Morgan fingerprint density at radius 3 is 2.81 bits per heavy atom. The number of hydrogen-bond donors (Lipinski definition) is 1. The van der Waals surface area contributed by atoms with Gasteiger partial charge in [0.1, 0.15) is 0 Å². The number of thiazole rings is 1. The number of benzene rings is 1. The molecule has 0 saturated carbocycles. The molecule has 0 atom stereocenters. The van der Waals surface area contributed by atoms with Crippen LogP contribution in [0.2, 0.25) is 0 Å².